The molecule has 13 nitrogen and oxygen atoms in total. The van der Waals surface area contributed by atoms with Crippen LogP contribution in [-0.2, 0) is 6.54 Å². The van der Waals surface area contributed by atoms with Crippen LogP contribution in [0.3, 0.4) is 0 Å². The van der Waals surface area contributed by atoms with Crippen molar-refractivity contribution in [3.63, 3.8) is 0 Å². The van der Waals surface area contributed by atoms with Gasteiger partial charge in [0.1, 0.15) is 17.2 Å². The maximum atomic E-state index is 12.8. The molecule has 3 unspecified atom stereocenters. The molecule has 3 atom stereocenters. The number of benzene rings is 6. The Labute approximate surface area is 454 Å². The number of aromatic amines is 2. The fourth-order valence-electron chi connectivity index (χ4n) is 9.49. The topological polar surface area (TPSA) is 150 Å². The Balaban J connectivity index is 0.000000151. The van der Waals surface area contributed by atoms with Crippen LogP contribution < -0.4 is 30.9 Å². The van der Waals surface area contributed by atoms with E-state index in [9.17, 15) is 45.8 Å². The van der Waals surface area contributed by atoms with E-state index in [4.69, 9.17) is 4.74 Å². The average Bonchev–Trinajstić information content (AvgIpc) is 4.03. The third-order valence-corrected chi connectivity index (χ3v) is 14.1. The van der Waals surface area contributed by atoms with Crippen LogP contribution in [0.15, 0.2) is 168 Å². The smallest absolute Gasteiger partial charge is 0.387 e. The number of allylic oxidation sites excluding steroid dienone is 1. The van der Waals surface area contributed by atoms with Crippen molar-refractivity contribution in [2.24, 2.45) is 0 Å². The van der Waals surface area contributed by atoms with Gasteiger partial charge in [-0.3, -0.25) is 38.6 Å². The summed E-state index contributed by atoms with van der Waals surface area (Å²) in [5.41, 5.74) is 3.23. The molecular weight excluding hydrogens is 1200 g/mol. The molecule has 9 aromatic rings. The first kappa shape index (κ1) is 55.5. The van der Waals surface area contributed by atoms with E-state index < -0.39 is 31.9 Å². The highest BCUT2D eigenvalue weighted by Gasteiger charge is 2.29. The summed E-state index contributed by atoms with van der Waals surface area (Å²) in [6.07, 6.45) is 4.52. The van der Waals surface area contributed by atoms with Crippen LogP contribution in [0.1, 0.15) is 66.9 Å². The second-order valence-electron chi connectivity index (χ2n) is 17.2. The number of fused-ring (bicyclic) bond motifs is 5. The molecule has 0 spiro atoms. The van der Waals surface area contributed by atoms with E-state index in [1.54, 1.807) is 123 Å². The predicted molar refractivity (Wildman–Crippen MR) is 288 cm³/mol. The first-order chi connectivity index (χ1) is 36.6. The predicted octanol–water partition coefficient (Wildman–Crippen LogP) is 13.5. The number of hydrogen-bond acceptors (Lipinski definition) is 7. The Morgan fingerprint density at radius 2 is 1.08 bits per heavy atom. The molecule has 398 valence electrons. The average molecular weight is 1250 g/mol. The molecule has 1 aliphatic heterocycles. The van der Waals surface area contributed by atoms with Crippen LogP contribution in [0.2, 0.25) is 0 Å². The molecule has 6 aromatic carbocycles. The molecule has 10 rings (SSSR count). The van der Waals surface area contributed by atoms with Crippen molar-refractivity contribution in [3.05, 3.63) is 201 Å². The number of halogens is 9. The highest BCUT2D eigenvalue weighted by atomic mass is 79.9. The van der Waals surface area contributed by atoms with E-state index in [2.05, 4.69) is 74.0 Å². The third kappa shape index (κ3) is 12.4. The number of nitrogens with zero attached hydrogens (tertiary/aromatic N) is 4. The van der Waals surface area contributed by atoms with Crippen LogP contribution in [0.5, 0.6) is 17.2 Å². The van der Waals surface area contributed by atoms with Gasteiger partial charge in [0.2, 0.25) is 0 Å². The molecule has 3 aromatic heterocycles. The molecule has 0 saturated heterocycles. The van der Waals surface area contributed by atoms with E-state index in [0.717, 1.165) is 31.8 Å². The van der Waals surface area contributed by atoms with Gasteiger partial charge in [0, 0.05) is 43.3 Å². The summed E-state index contributed by atoms with van der Waals surface area (Å²) >= 11 is 10.2. The quantitative estimate of drug-likeness (QED) is 0.0644. The molecule has 0 aliphatic carbocycles. The zero-order valence-corrected chi connectivity index (χ0v) is 44.7. The zero-order valence-electron chi connectivity index (χ0n) is 39.9. The normalized spacial score (nSPS) is 14.0. The summed E-state index contributed by atoms with van der Waals surface area (Å²) in [7, 11) is 0. The van der Waals surface area contributed by atoms with E-state index >= 15 is 0 Å². The van der Waals surface area contributed by atoms with Gasteiger partial charge in [0.25, 0.3) is 16.7 Å². The van der Waals surface area contributed by atoms with Gasteiger partial charge in [-0.25, -0.2) is 4.68 Å². The van der Waals surface area contributed by atoms with E-state index in [-0.39, 0.29) is 46.6 Å². The molecule has 22 heteroatoms. The van der Waals surface area contributed by atoms with Gasteiger partial charge in [0.05, 0.1) is 50.8 Å². The van der Waals surface area contributed by atoms with Crippen molar-refractivity contribution in [2.75, 3.05) is 6.61 Å². The fraction of sp³-hybridized carbons (Fsp3) is 0.241. The molecule has 76 heavy (non-hydrogen) atoms. The van der Waals surface area contributed by atoms with Crippen LogP contribution in [-0.4, -0.2) is 60.5 Å². The first-order valence-corrected chi connectivity index (χ1v) is 26.0. The summed E-state index contributed by atoms with van der Waals surface area (Å²) in [5, 5.41) is 16.5. The number of aliphatic hydroxyl groups is 1. The minimum atomic E-state index is -2.95. The van der Waals surface area contributed by atoms with Crippen molar-refractivity contribution in [3.8, 4) is 17.2 Å². The van der Waals surface area contributed by atoms with E-state index in [1.807, 2.05) is 16.8 Å². The van der Waals surface area contributed by atoms with Crippen LogP contribution >= 0.6 is 47.8 Å². The Bertz CT molecular complexity index is 3670. The lowest BCUT2D eigenvalue weighted by Gasteiger charge is -2.29. The van der Waals surface area contributed by atoms with Gasteiger partial charge < -0.3 is 19.3 Å². The number of nitrogens with one attached hydrogen (secondary N) is 2. The highest BCUT2D eigenvalue weighted by Crippen LogP contribution is 2.38. The van der Waals surface area contributed by atoms with Gasteiger partial charge >= 0.3 is 19.8 Å². The van der Waals surface area contributed by atoms with Crippen LogP contribution in [0, 0.1) is 0 Å². The molecular formula is C54H47Br3F6N6O7. The van der Waals surface area contributed by atoms with E-state index in [1.165, 1.54) is 12.1 Å². The van der Waals surface area contributed by atoms with Gasteiger partial charge in [-0.1, -0.05) is 108 Å². The maximum absolute atomic E-state index is 12.8. The Kier molecular flexibility index (Phi) is 18.2. The van der Waals surface area contributed by atoms with Gasteiger partial charge in [0.15, 0.2) is 0 Å². The monoisotopic (exact) mass is 1240 g/mol. The number of ether oxygens (including phenoxy) is 3. The number of aromatic nitrogens is 6. The van der Waals surface area contributed by atoms with Gasteiger partial charge in [-0.05, 0) is 105 Å². The van der Waals surface area contributed by atoms with Crippen molar-refractivity contribution in [2.45, 2.75) is 76.6 Å². The number of rotatable bonds is 16. The van der Waals surface area contributed by atoms with Gasteiger partial charge in [-0.15, -0.1) is 6.58 Å². The standard InChI is InChI=1S/C18H17BrF2N2O3.2C18H15BrF2N2O2/c19-11-7-8-13-15(10-11)23(22-17(13)25)14(5-3-9-24)12-4-1-2-6-16(12)26-18(20)21;19-11-7-8-13-15(10-11)23-14(5-3-9-22(23)17(13)24)12-4-1-2-6-16(12)25-18(20)21;1-2-5-14(12-6-3-4-7-16(12)25-18(20)21)23-15-10-11(19)8-9-13(15)17(24)22-23/h1-2,4,6-8,10,14,18,24H,3,5,9H2,(H,22,25);1-2,4,6-8,10,14,18H,3,5,9H2;2-4,6-10,14,18H,1,5H2,(H,22,24). The van der Waals surface area contributed by atoms with Crippen LogP contribution in [0.25, 0.3) is 32.7 Å². The number of H-pyrrole nitrogens is 2. The largest absolute Gasteiger partial charge is 0.434 e. The molecule has 0 fully saturated rings. The molecule has 0 saturated carbocycles. The molecule has 1 aliphatic rings. The van der Waals surface area contributed by atoms with Crippen molar-refractivity contribution >= 4 is 80.5 Å². The molecule has 0 radical (unpaired) electrons. The lowest BCUT2D eigenvalue weighted by molar-refractivity contribution is -0.0514. The lowest BCUT2D eigenvalue weighted by Crippen LogP contribution is -2.31. The summed E-state index contributed by atoms with van der Waals surface area (Å²) in [6.45, 7) is -4.47. The molecule has 3 N–H and O–H groups in total. The minimum Gasteiger partial charge on any atom is -0.434 e. The van der Waals surface area contributed by atoms with Gasteiger partial charge in [-0.2, -0.15) is 26.3 Å². The maximum Gasteiger partial charge on any atom is 0.387 e. The molecule has 0 bridgehead atoms. The van der Waals surface area contributed by atoms with Crippen molar-refractivity contribution < 1.29 is 45.7 Å². The lowest BCUT2D eigenvalue weighted by atomic mass is 9.99. The van der Waals surface area contributed by atoms with E-state index in [0.29, 0.717) is 69.7 Å². The summed E-state index contributed by atoms with van der Waals surface area (Å²) in [4.78, 5) is 37.2. The van der Waals surface area contributed by atoms with Crippen molar-refractivity contribution in [1.29, 1.82) is 0 Å². The SMILES string of the molecule is C=CCC(c1ccccc1OC(F)F)n1[nH]c(=O)c2ccc(Br)cc21.O=c1[nH]n(C(CCCO)c2ccccc2OC(F)F)c2cc(Br)ccc12.O=c1c2ccc(Br)cc2n2n1CCCC2c1ccccc1OC(F)F. The minimum absolute atomic E-state index is 0.0446. The Morgan fingerprint density at radius 3 is 1.61 bits per heavy atom. The van der Waals surface area contributed by atoms with Crippen LogP contribution in [0.4, 0.5) is 26.3 Å². The Morgan fingerprint density at radius 1 is 0.618 bits per heavy atom. The molecule has 0 amide bonds. The molecule has 4 heterocycles. The summed E-state index contributed by atoms with van der Waals surface area (Å²) in [5.74, 6) is 0.269. The highest BCUT2D eigenvalue weighted by molar-refractivity contribution is 9.11. The number of aliphatic hydroxyl groups excluding tert-OH is 1. The third-order valence-electron chi connectivity index (χ3n) is 12.6. The van der Waals surface area contributed by atoms with Crippen molar-refractivity contribution in [1.82, 2.24) is 28.9 Å². The number of para-hydroxylation sites is 3. The zero-order chi connectivity index (χ0) is 54.2. The fourth-order valence-corrected chi connectivity index (χ4v) is 10.5. The summed E-state index contributed by atoms with van der Waals surface area (Å²) < 4.78 is 100. The summed E-state index contributed by atoms with van der Waals surface area (Å²) in [6, 6.07) is 34.7. The Hall–Kier alpha value is -6.75. The number of alkyl halides is 6. The first-order valence-electron chi connectivity index (χ1n) is 23.6. The second kappa shape index (κ2) is 24.9. The number of hydrogen-bond donors (Lipinski definition) is 3. The second-order valence-corrected chi connectivity index (χ2v) is 20.0.